The van der Waals surface area contributed by atoms with Crippen molar-refractivity contribution in [1.29, 1.82) is 0 Å². The van der Waals surface area contributed by atoms with Gasteiger partial charge >= 0.3 is 0 Å². The summed E-state index contributed by atoms with van der Waals surface area (Å²) < 4.78 is 5.26. The minimum Gasteiger partial charge on any atom is -0.496 e. The first kappa shape index (κ1) is 13.5. The molecule has 2 N–H and O–H groups in total. The van der Waals surface area contributed by atoms with Crippen LogP contribution in [0.15, 0.2) is 12.1 Å². The number of rotatable bonds is 4. The van der Waals surface area contributed by atoms with Crippen molar-refractivity contribution < 1.29 is 9.53 Å². The Morgan fingerprint density at radius 2 is 1.94 bits per heavy atom. The van der Waals surface area contributed by atoms with Gasteiger partial charge in [-0.15, -0.1) is 0 Å². The van der Waals surface area contributed by atoms with E-state index in [1.54, 1.807) is 14.2 Å². The molecule has 1 atom stereocenters. The van der Waals surface area contributed by atoms with Gasteiger partial charge in [-0.25, -0.2) is 5.43 Å². The molecule has 0 saturated heterocycles. The van der Waals surface area contributed by atoms with Gasteiger partial charge in [0.05, 0.1) is 13.0 Å². The van der Waals surface area contributed by atoms with Gasteiger partial charge < -0.3 is 4.74 Å². The van der Waals surface area contributed by atoms with Crippen LogP contribution in [0.25, 0.3) is 0 Å². The molecule has 0 aromatic heterocycles. The SMILES string of the molecule is CNNC(=O)C(C)c1ccc(OC)c(C)c1C. The Kier molecular flexibility index (Phi) is 4.52. The number of hydrazine groups is 1. The maximum atomic E-state index is 11.8. The summed E-state index contributed by atoms with van der Waals surface area (Å²) in [5, 5.41) is 0. The molecule has 0 saturated carbocycles. The van der Waals surface area contributed by atoms with E-state index in [4.69, 9.17) is 4.74 Å². The molecule has 0 aliphatic carbocycles. The van der Waals surface area contributed by atoms with Crippen molar-refractivity contribution in [2.24, 2.45) is 0 Å². The van der Waals surface area contributed by atoms with Gasteiger partial charge in [0.1, 0.15) is 5.75 Å². The Hall–Kier alpha value is -1.55. The van der Waals surface area contributed by atoms with Crippen LogP contribution in [0.3, 0.4) is 0 Å². The standard InChI is InChI=1S/C13H20N2O2/c1-8-9(2)12(17-5)7-6-11(8)10(3)13(16)15-14-4/h6-7,10,14H,1-5H3,(H,15,16). The van der Waals surface area contributed by atoms with E-state index < -0.39 is 0 Å². The van der Waals surface area contributed by atoms with Crippen molar-refractivity contribution in [3.63, 3.8) is 0 Å². The fourth-order valence-corrected chi connectivity index (χ4v) is 1.88. The van der Waals surface area contributed by atoms with Crippen molar-refractivity contribution >= 4 is 5.91 Å². The molecule has 0 bridgehead atoms. The van der Waals surface area contributed by atoms with Crippen molar-refractivity contribution in [2.45, 2.75) is 26.7 Å². The lowest BCUT2D eigenvalue weighted by Crippen LogP contribution is -2.37. The fourth-order valence-electron chi connectivity index (χ4n) is 1.88. The molecule has 4 heteroatoms. The molecule has 0 spiro atoms. The van der Waals surface area contributed by atoms with Crippen molar-refractivity contribution in [1.82, 2.24) is 10.9 Å². The van der Waals surface area contributed by atoms with Crippen molar-refractivity contribution in [3.8, 4) is 5.75 Å². The summed E-state index contributed by atoms with van der Waals surface area (Å²) in [6.07, 6.45) is 0. The summed E-state index contributed by atoms with van der Waals surface area (Å²) >= 11 is 0. The lowest BCUT2D eigenvalue weighted by Gasteiger charge is -2.17. The predicted octanol–water partition coefficient (Wildman–Crippen LogP) is 1.67. The molecule has 0 heterocycles. The molecule has 17 heavy (non-hydrogen) atoms. The van der Waals surface area contributed by atoms with Crippen LogP contribution in [0.5, 0.6) is 5.75 Å². The second kappa shape index (κ2) is 5.68. The first-order valence-electron chi connectivity index (χ1n) is 5.63. The van der Waals surface area contributed by atoms with Crippen LogP contribution in [0, 0.1) is 13.8 Å². The topological polar surface area (TPSA) is 50.4 Å². The summed E-state index contributed by atoms with van der Waals surface area (Å²) in [7, 11) is 3.33. The number of benzene rings is 1. The van der Waals surface area contributed by atoms with Gasteiger partial charge in [-0.05, 0) is 43.5 Å². The zero-order valence-electron chi connectivity index (χ0n) is 11.0. The Morgan fingerprint density at radius 1 is 1.29 bits per heavy atom. The molecule has 0 fully saturated rings. The maximum absolute atomic E-state index is 11.8. The van der Waals surface area contributed by atoms with Crippen molar-refractivity contribution in [2.75, 3.05) is 14.2 Å². The predicted molar refractivity (Wildman–Crippen MR) is 68.1 cm³/mol. The lowest BCUT2D eigenvalue weighted by molar-refractivity contribution is -0.123. The van der Waals surface area contributed by atoms with Crippen LogP contribution >= 0.6 is 0 Å². The molecule has 1 aromatic rings. The summed E-state index contributed by atoms with van der Waals surface area (Å²) in [6.45, 7) is 5.90. The van der Waals surface area contributed by atoms with Crippen LogP contribution in [0.1, 0.15) is 29.5 Å². The maximum Gasteiger partial charge on any atom is 0.241 e. The fraction of sp³-hybridized carbons (Fsp3) is 0.462. The van der Waals surface area contributed by atoms with Gasteiger partial charge in [-0.2, -0.15) is 0 Å². The highest BCUT2D eigenvalue weighted by atomic mass is 16.5. The Balaban J connectivity index is 3.07. The zero-order chi connectivity index (χ0) is 13.0. The van der Waals surface area contributed by atoms with Gasteiger partial charge in [0.25, 0.3) is 0 Å². The highest BCUT2D eigenvalue weighted by molar-refractivity contribution is 5.83. The van der Waals surface area contributed by atoms with E-state index in [1.807, 2.05) is 32.9 Å². The number of amides is 1. The molecule has 1 aromatic carbocycles. The van der Waals surface area contributed by atoms with E-state index in [-0.39, 0.29) is 11.8 Å². The number of carbonyl (C=O) groups is 1. The monoisotopic (exact) mass is 236 g/mol. The number of hydrogen-bond donors (Lipinski definition) is 2. The van der Waals surface area contributed by atoms with E-state index in [0.29, 0.717) is 0 Å². The number of ether oxygens (including phenoxy) is 1. The van der Waals surface area contributed by atoms with Crippen LogP contribution in [0.4, 0.5) is 0 Å². The molecule has 4 nitrogen and oxygen atoms in total. The van der Waals surface area contributed by atoms with Gasteiger partial charge in [-0.1, -0.05) is 6.07 Å². The number of hydrogen-bond acceptors (Lipinski definition) is 3. The Morgan fingerprint density at radius 3 is 2.47 bits per heavy atom. The van der Waals surface area contributed by atoms with Crippen LogP contribution in [0.2, 0.25) is 0 Å². The molecular formula is C13H20N2O2. The summed E-state index contributed by atoms with van der Waals surface area (Å²) in [4.78, 5) is 11.8. The Labute approximate surface area is 102 Å². The molecule has 0 aliphatic rings. The van der Waals surface area contributed by atoms with Crippen molar-refractivity contribution in [3.05, 3.63) is 28.8 Å². The van der Waals surface area contributed by atoms with E-state index in [9.17, 15) is 4.79 Å². The average molecular weight is 236 g/mol. The van der Waals surface area contributed by atoms with Gasteiger partial charge in [0.2, 0.25) is 5.91 Å². The van der Waals surface area contributed by atoms with E-state index in [2.05, 4.69) is 10.9 Å². The molecule has 1 unspecified atom stereocenters. The third kappa shape index (κ3) is 2.77. The van der Waals surface area contributed by atoms with E-state index >= 15 is 0 Å². The number of carbonyl (C=O) groups excluding carboxylic acids is 1. The first-order valence-corrected chi connectivity index (χ1v) is 5.63. The molecule has 1 amide bonds. The molecule has 94 valence electrons. The quantitative estimate of drug-likeness (QED) is 0.782. The number of methoxy groups -OCH3 is 1. The molecular weight excluding hydrogens is 216 g/mol. The van der Waals surface area contributed by atoms with E-state index in [0.717, 1.165) is 22.4 Å². The number of nitrogens with one attached hydrogen (secondary N) is 2. The smallest absolute Gasteiger partial charge is 0.241 e. The van der Waals surface area contributed by atoms with Crippen LogP contribution < -0.4 is 15.6 Å². The average Bonchev–Trinajstić information content (AvgIpc) is 2.32. The largest absolute Gasteiger partial charge is 0.496 e. The highest BCUT2D eigenvalue weighted by Gasteiger charge is 2.18. The second-order valence-corrected chi connectivity index (χ2v) is 4.07. The summed E-state index contributed by atoms with van der Waals surface area (Å²) in [6, 6.07) is 3.85. The normalized spacial score (nSPS) is 12.1. The summed E-state index contributed by atoms with van der Waals surface area (Å²) in [5.41, 5.74) is 8.45. The molecule has 1 rings (SSSR count). The van der Waals surface area contributed by atoms with Gasteiger partial charge in [0, 0.05) is 7.05 Å². The minimum absolute atomic E-state index is 0.0415. The first-order chi connectivity index (χ1) is 8.02. The molecule has 0 aliphatic heterocycles. The summed E-state index contributed by atoms with van der Waals surface area (Å²) in [5.74, 6) is 0.625. The third-order valence-corrected chi connectivity index (χ3v) is 3.11. The van der Waals surface area contributed by atoms with E-state index in [1.165, 1.54) is 0 Å². The minimum atomic E-state index is -0.188. The van der Waals surface area contributed by atoms with Gasteiger partial charge in [-0.3, -0.25) is 10.2 Å². The third-order valence-electron chi connectivity index (χ3n) is 3.11. The highest BCUT2D eigenvalue weighted by Crippen LogP contribution is 2.28. The van der Waals surface area contributed by atoms with Gasteiger partial charge in [0.15, 0.2) is 0 Å². The zero-order valence-corrected chi connectivity index (χ0v) is 11.0. The Bertz CT molecular complexity index is 416. The second-order valence-electron chi connectivity index (χ2n) is 4.07. The molecule has 0 radical (unpaired) electrons. The van der Waals surface area contributed by atoms with Crippen LogP contribution in [-0.4, -0.2) is 20.1 Å². The lowest BCUT2D eigenvalue weighted by atomic mass is 9.92. The van der Waals surface area contributed by atoms with Crippen LogP contribution in [-0.2, 0) is 4.79 Å².